The van der Waals surface area contributed by atoms with Crippen molar-refractivity contribution in [2.45, 2.75) is 25.9 Å². The van der Waals surface area contributed by atoms with E-state index in [0.717, 1.165) is 31.7 Å². The van der Waals surface area contributed by atoms with Crippen LogP contribution in [0.5, 0.6) is 0 Å². The first kappa shape index (κ1) is 27.4. The van der Waals surface area contributed by atoms with E-state index in [9.17, 15) is 18.0 Å². The minimum atomic E-state index is -3.78. The topological polar surface area (TPSA) is 86.8 Å². The first-order chi connectivity index (χ1) is 17.1. The van der Waals surface area contributed by atoms with Crippen LogP contribution >= 0.6 is 15.9 Å². The van der Waals surface area contributed by atoms with Crippen LogP contribution in [0, 0.1) is 6.92 Å². The van der Waals surface area contributed by atoms with Gasteiger partial charge in [-0.15, -0.1) is 0 Å². The molecule has 2 amide bonds. The Morgan fingerprint density at radius 3 is 2.11 bits per heavy atom. The van der Waals surface area contributed by atoms with E-state index >= 15 is 0 Å². The number of anilines is 1. The van der Waals surface area contributed by atoms with Gasteiger partial charge in [0, 0.05) is 24.5 Å². The first-order valence-corrected chi connectivity index (χ1v) is 14.1. The molecule has 0 aromatic heterocycles. The van der Waals surface area contributed by atoms with Crippen molar-refractivity contribution in [3.05, 3.63) is 100 Å². The molecule has 3 aromatic rings. The van der Waals surface area contributed by atoms with Crippen LogP contribution < -0.4 is 9.62 Å². The SMILES string of the molecule is CNC(=O)[C@H](Cc1ccccc1)N(Cc1ccc(Br)cc1)C(=O)CN(c1ccccc1C)S(C)(=O)=O. The van der Waals surface area contributed by atoms with Crippen molar-refractivity contribution in [1.82, 2.24) is 10.2 Å². The number of halogens is 1. The molecule has 0 aliphatic carbocycles. The Balaban J connectivity index is 2.03. The fourth-order valence-corrected chi connectivity index (χ4v) is 5.12. The number of nitrogens with one attached hydrogen (secondary N) is 1. The number of aryl methyl sites for hydroxylation is 1. The van der Waals surface area contributed by atoms with Crippen LogP contribution in [0.2, 0.25) is 0 Å². The molecule has 0 aliphatic heterocycles. The summed E-state index contributed by atoms with van der Waals surface area (Å²) in [5, 5.41) is 2.67. The zero-order chi connectivity index (χ0) is 26.3. The van der Waals surface area contributed by atoms with Gasteiger partial charge in [-0.05, 0) is 41.8 Å². The van der Waals surface area contributed by atoms with E-state index in [1.54, 1.807) is 25.1 Å². The molecule has 1 N–H and O–H groups in total. The molecule has 7 nitrogen and oxygen atoms in total. The van der Waals surface area contributed by atoms with Gasteiger partial charge in [0.05, 0.1) is 11.9 Å². The molecular weight excluding hydrogens is 542 g/mol. The summed E-state index contributed by atoms with van der Waals surface area (Å²) in [4.78, 5) is 28.4. The summed E-state index contributed by atoms with van der Waals surface area (Å²) in [6, 6.07) is 23.0. The zero-order valence-electron chi connectivity index (χ0n) is 20.5. The van der Waals surface area contributed by atoms with E-state index in [-0.39, 0.29) is 18.9 Å². The molecule has 0 unspecified atom stereocenters. The second-order valence-corrected chi connectivity index (χ2v) is 11.3. The summed E-state index contributed by atoms with van der Waals surface area (Å²) in [7, 11) is -2.25. The van der Waals surface area contributed by atoms with Gasteiger partial charge < -0.3 is 10.2 Å². The van der Waals surface area contributed by atoms with Crippen LogP contribution in [-0.4, -0.2) is 51.0 Å². The Kier molecular flexibility index (Phi) is 9.28. The number of para-hydroxylation sites is 1. The van der Waals surface area contributed by atoms with Crippen molar-refractivity contribution in [2.24, 2.45) is 0 Å². The number of carbonyl (C=O) groups is 2. The van der Waals surface area contributed by atoms with Gasteiger partial charge in [-0.25, -0.2) is 8.42 Å². The molecule has 3 rings (SSSR count). The van der Waals surface area contributed by atoms with E-state index in [4.69, 9.17) is 0 Å². The average Bonchev–Trinajstić information content (AvgIpc) is 2.85. The van der Waals surface area contributed by atoms with E-state index in [1.165, 1.54) is 11.9 Å². The summed E-state index contributed by atoms with van der Waals surface area (Å²) in [5.74, 6) is -0.803. The number of likely N-dealkylation sites (N-methyl/N-ethyl adjacent to an activating group) is 1. The summed E-state index contributed by atoms with van der Waals surface area (Å²) in [6.07, 6.45) is 1.36. The highest BCUT2D eigenvalue weighted by atomic mass is 79.9. The Bertz CT molecular complexity index is 1300. The maximum Gasteiger partial charge on any atom is 0.244 e. The Morgan fingerprint density at radius 2 is 1.53 bits per heavy atom. The normalized spacial score (nSPS) is 12.0. The van der Waals surface area contributed by atoms with Crippen molar-refractivity contribution in [1.29, 1.82) is 0 Å². The summed E-state index contributed by atoms with van der Waals surface area (Å²) >= 11 is 3.42. The number of benzene rings is 3. The number of nitrogens with zero attached hydrogens (tertiary/aromatic N) is 2. The zero-order valence-corrected chi connectivity index (χ0v) is 22.9. The van der Waals surface area contributed by atoms with Gasteiger partial charge in [0.25, 0.3) is 0 Å². The fraction of sp³-hybridized carbons (Fsp3) is 0.259. The van der Waals surface area contributed by atoms with Gasteiger partial charge in [0.15, 0.2) is 0 Å². The van der Waals surface area contributed by atoms with Crippen LogP contribution in [0.25, 0.3) is 0 Å². The maximum absolute atomic E-state index is 13.8. The van der Waals surface area contributed by atoms with Crippen LogP contribution in [0.4, 0.5) is 5.69 Å². The molecule has 0 bridgehead atoms. The smallest absolute Gasteiger partial charge is 0.244 e. The largest absolute Gasteiger partial charge is 0.357 e. The van der Waals surface area contributed by atoms with E-state index in [0.29, 0.717) is 5.69 Å². The van der Waals surface area contributed by atoms with Crippen molar-refractivity contribution >= 4 is 43.5 Å². The molecule has 0 saturated carbocycles. The Labute approximate surface area is 221 Å². The maximum atomic E-state index is 13.8. The number of hydrogen-bond acceptors (Lipinski definition) is 4. The predicted molar refractivity (Wildman–Crippen MR) is 146 cm³/mol. The monoisotopic (exact) mass is 571 g/mol. The van der Waals surface area contributed by atoms with Gasteiger partial charge in [0.1, 0.15) is 12.6 Å². The fourth-order valence-electron chi connectivity index (χ4n) is 3.95. The van der Waals surface area contributed by atoms with E-state index in [1.807, 2.05) is 60.7 Å². The second kappa shape index (κ2) is 12.2. The van der Waals surface area contributed by atoms with Crippen LogP contribution in [0.3, 0.4) is 0 Å². The van der Waals surface area contributed by atoms with Crippen molar-refractivity contribution < 1.29 is 18.0 Å². The highest BCUT2D eigenvalue weighted by molar-refractivity contribution is 9.10. The molecular formula is C27H30BrN3O4S. The van der Waals surface area contributed by atoms with Crippen LogP contribution in [0.15, 0.2) is 83.3 Å². The van der Waals surface area contributed by atoms with E-state index in [2.05, 4.69) is 21.2 Å². The molecule has 36 heavy (non-hydrogen) atoms. The third kappa shape index (κ3) is 7.18. The van der Waals surface area contributed by atoms with Crippen LogP contribution in [0.1, 0.15) is 16.7 Å². The quantitative estimate of drug-likeness (QED) is 0.399. The number of hydrogen-bond donors (Lipinski definition) is 1. The molecule has 0 aliphatic rings. The minimum absolute atomic E-state index is 0.141. The second-order valence-electron chi connectivity index (χ2n) is 8.52. The molecule has 0 saturated heterocycles. The number of rotatable bonds is 10. The number of sulfonamides is 1. The molecule has 0 spiro atoms. The summed E-state index contributed by atoms with van der Waals surface area (Å²) in [5.41, 5.74) is 2.85. The van der Waals surface area contributed by atoms with E-state index < -0.39 is 28.5 Å². The lowest BCUT2D eigenvalue weighted by molar-refractivity contribution is -0.139. The Hall–Kier alpha value is -3.17. The standard InChI is InChI=1S/C27H30BrN3O4S/c1-20-9-7-8-12-24(20)31(36(3,34)35)19-26(32)30(18-22-13-15-23(28)16-14-22)25(27(33)29-2)17-21-10-5-4-6-11-21/h4-16,25H,17-19H2,1-3H3,(H,29,33)/t25-/m0/s1. The Morgan fingerprint density at radius 1 is 0.917 bits per heavy atom. The lowest BCUT2D eigenvalue weighted by atomic mass is 10.0. The lowest BCUT2D eigenvalue weighted by Gasteiger charge is -2.33. The highest BCUT2D eigenvalue weighted by Gasteiger charge is 2.32. The minimum Gasteiger partial charge on any atom is -0.357 e. The molecule has 1 atom stereocenters. The van der Waals surface area contributed by atoms with Gasteiger partial charge in [-0.2, -0.15) is 0 Å². The third-order valence-corrected chi connectivity index (χ3v) is 7.50. The van der Waals surface area contributed by atoms with Gasteiger partial charge in [-0.1, -0.05) is 76.6 Å². The molecule has 0 fully saturated rings. The molecule has 0 heterocycles. The van der Waals surface area contributed by atoms with Gasteiger partial charge >= 0.3 is 0 Å². The van der Waals surface area contributed by atoms with Crippen LogP contribution in [-0.2, 0) is 32.6 Å². The first-order valence-electron chi connectivity index (χ1n) is 11.4. The average molecular weight is 573 g/mol. The highest BCUT2D eigenvalue weighted by Crippen LogP contribution is 2.23. The van der Waals surface area contributed by atoms with Crippen molar-refractivity contribution in [2.75, 3.05) is 24.2 Å². The number of amides is 2. The van der Waals surface area contributed by atoms with Gasteiger partial charge in [-0.3, -0.25) is 13.9 Å². The third-order valence-electron chi connectivity index (χ3n) is 5.85. The molecule has 190 valence electrons. The summed E-state index contributed by atoms with van der Waals surface area (Å²) < 4.78 is 27.5. The van der Waals surface area contributed by atoms with Crippen molar-refractivity contribution in [3.8, 4) is 0 Å². The molecule has 9 heteroatoms. The van der Waals surface area contributed by atoms with Gasteiger partial charge in [0.2, 0.25) is 21.8 Å². The molecule has 0 radical (unpaired) electrons. The predicted octanol–water partition coefficient (Wildman–Crippen LogP) is 3.91. The van der Waals surface area contributed by atoms with Crippen molar-refractivity contribution in [3.63, 3.8) is 0 Å². The summed E-state index contributed by atoms with van der Waals surface area (Å²) in [6.45, 7) is 1.51. The lowest BCUT2D eigenvalue weighted by Crippen LogP contribution is -2.53. The molecule has 3 aromatic carbocycles. The number of carbonyl (C=O) groups excluding carboxylic acids is 2.